The van der Waals surface area contributed by atoms with E-state index in [1.165, 1.54) is 11.8 Å². The van der Waals surface area contributed by atoms with Gasteiger partial charge in [0.1, 0.15) is 0 Å². The van der Waals surface area contributed by atoms with E-state index < -0.39 is 40.5 Å². The molecule has 5 rings (SSSR count). The van der Waals surface area contributed by atoms with Gasteiger partial charge in [0, 0.05) is 54.9 Å². The van der Waals surface area contributed by atoms with Crippen LogP contribution in [0.15, 0.2) is 72.9 Å². The maximum absolute atomic E-state index is 14.0. The number of hydrogen-bond donors (Lipinski definition) is 3. The highest BCUT2D eigenvalue weighted by Gasteiger charge is 2.44. The third-order valence-electron chi connectivity index (χ3n) is 7.62. The topological polar surface area (TPSA) is 77.2 Å². The number of halogens is 6. The quantitative estimate of drug-likeness (QED) is 0.223. The summed E-state index contributed by atoms with van der Waals surface area (Å²) < 4.78 is 82.0. The predicted molar refractivity (Wildman–Crippen MR) is 150 cm³/mol. The largest absolute Gasteiger partial charge is 0.416 e. The number of aromatic nitrogens is 1. The fourth-order valence-electron chi connectivity index (χ4n) is 5.70. The number of para-hydroxylation sites is 1. The normalized spacial score (nSPS) is 17.7. The SMILES string of the molecule is CC(=O)Nc1ccc(CC2(Cc3c[nH]c4ccccc34)CNCCN2C(=O)c2cc(C(F)(F)F)cc(C(F)(F)F)c2)cc1. The lowest BCUT2D eigenvalue weighted by Gasteiger charge is -2.48. The molecule has 226 valence electrons. The van der Waals surface area contributed by atoms with Crippen LogP contribution in [-0.2, 0) is 30.0 Å². The summed E-state index contributed by atoms with van der Waals surface area (Å²) in [6.07, 6.45) is -7.88. The van der Waals surface area contributed by atoms with Crippen LogP contribution in [-0.4, -0.2) is 46.9 Å². The Morgan fingerprint density at radius 1 is 0.907 bits per heavy atom. The van der Waals surface area contributed by atoms with Gasteiger partial charge in [-0.15, -0.1) is 0 Å². The summed E-state index contributed by atoms with van der Waals surface area (Å²) in [6.45, 7) is 1.97. The smallest absolute Gasteiger partial charge is 0.361 e. The second kappa shape index (κ2) is 11.4. The number of nitrogens with zero attached hydrogens (tertiary/aromatic N) is 1. The van der Waals surface area contributed by atoms with Crippen molar-refractivity contribution in [3.63, 3.8) is 0 Å². The maximum Gasteiger partial charge on any atom is 0.416 e. The summed E-state index contributed by atoms with van der Waals surface area (Å²) in [6, 6.07) is 15.4. The lowest BCUT2D eigenvalue weighted by Crippen LogP contribution is -2.65. The molecule has 0 saturated carbocycles. The molecule has 12 heteroatoms. The van der Waals surface area contributed by atoms with Crippen molar-refractivity contribution in [3.05, 3.63) is 101 Å². The van der Waals surface area contributed by atoms with Crippen molar-refractivity contribution in [1.29, 1.82) is 0 Å². The lowest BCUT2D eigenvalue weighted by molar-refractivity contribution is -0.143. The van der Waals surface area contributed by atoms with E-state index in [2.05, 4.69) is 15.6 Å². The van der Waals surface area contributed by atoms with Crippen LogP contribution in [0.5, 0.6) is 0 Å². The summed E-state index contributed by atoms with van der Waals surface area (Å²) in [5.41, 5.74) is -1.84. The molecule has 1 unspecified atom stereocenters. The van der Waals surface area contributed by atoms with Gasteiger partial charge in [-0.3, -0.25) is 9.59 Å². The van der Waals surface area contributed by atoms with Crippen LogP contribution < -0.4 is 10.6 Å². The van der Waals surface area contributed by atoms with Gasteiger partial charge in [-0.1, -0.05) is 30.3 Å². The standard InChI is InChI=1S/C31H28F6N4O2/c1-19(42)40-25-8-6-20(7-9-25)15-29(16-22-17-39-27-5-3-2-4-26(22)27)18-38-10-11-41(29)28(43)21-12-23(30(32,33)34)14-24(13-21)31(35,36)37/h2-9,12-14,17,38-39H,10-11,15-16,18H2,1H3,(H,40,42). The van der Waals surface area contributed by atoms with Gasteiger partial charge < -0.3 is 20.5 Å². The number of carbonyl (C=O) groups excluding carboxylic acids is 2. The number of fused-ring (bicyclic) bond motifs is 1. The van der Waals surface area contributed by atoms with Crippen LogP contribution in [0.2, 0.25) is 0 Å². The molecule has 1 atom stereocenters. The highest BCUT2D eigenvalue weighted by Crippen LogP contribution is 2.38. The Labute approximate surface area is 243 Å². The molecule has 1 saturated heterocycles. The van der Waals surface area contributed by atoms with Crippen molar-refractivity contribution in [3.8, 4) is 0 Å². The van der Waals surface area contributed by atoms with Crippen LogP contribution in [0, 0.1) is 0 Å². The van der Waals surface area contributed by atoms with Crippen molar-refractivity contribution >= 4 is 28.4 Å². The molecule has 1 fully saturated rings. The molecule has 43 heavy (non-hydrogen) atoms. The van der Waals surface area contributed by atoms with Crippen molar-refractivity contribution in [2.24, 2.45) is 0 Å². The van der Waals surface area contributed by atoms with Crippen molar-refractivity contribution in [1.82, 2.24) is 15.2 Å². The summed E-state index contributed by atoms with van der Waals surface area (Å²) in [5.74, 6) is -1.18. The van der Waals surface area contributed by atoms with Gasteiger partial charge in [0.15, 0.2) is 0 Å². The van der Waals surface area contributed by atoms with E-state index in [1.54, 1.807) is 30.5 Å². The second-order valence-corrected chi connectivity index (χ2v) is 10.7. The number of rotatable bonds is 6. The number of alkyl halides is 6. The molecular formula is C31H28F6N4O2. The number of nitrogens with one attached hydrogen (secondary N) is 3. The number of piperazine rings is 1. The van der Waals surface area contributed by atoms with E-state index in [4.69, 9.17) is 0 Å². The zero-order valence-corrected chi connectivity index (χ0v) is 23.0. The molecule has 6 nitrogen and oxygen atoms in total. The molecule has 0 spiro atoms. The number of benzene rings is 3. The summed E-state index contributed by atoms with van der Waals surface area (Å²) in [5, 5.41) is 6.85. The molecule has 1 aromatic heterocycles. The van der Waals surface area contributed by atoms with Crippen LogP contribution >= 0.6 is 0 Å². The van der Waals surface area contributed by atoms with E-state index in [9.17, 15) is 35.9 Å². The predicted octanol–water partition coefficient (Wildman–Crippen LogP) is 6.43. The lowest BCUT2D eigenvalue weighted by atomic mass is 9.81. The number of hydrogen-bond acceptors (Lipinski definition) is 3. The van der Waals surface area contributed by atoms with Gasteiger partial charge in [-0.05, 0) is 60.4 Å². The highest BCUT2D eigenvalue weighted by molar-refractivity contribution is 5.95. The molecule has 4 aromatic rings. The molecule has 0 aliphatic carbocycles. The molecule has 0 radical (unpaired) electrons. The van der Waals surface area contributed by atoms with Crippen LogP contribution in [0.25, 0.3) is 10.9 Å². The fraction of sp³-hybridized carbons (Fsp3) is 0.290. The van der Waals surface area contributed by atoms with Crippen LogP contribution in [0.4, 0.5) is 32.0 Å². The third-order valence-corrected chi connectivity index (χ3v) is 7.62. The van der Waals surface area contributed by atoms with Gasteiger partial charge >= 0.3 is 12.4 Å². The van der Waals surface area contributed by atoms with Crippen molar-refractivity contribution in [2.45, 2.75) is 37.7 Å². The first-order valence-electron chi connectivity index (χ1n) is 13.5. The van der Waals surface area contributed by atoms with Gasteiger partial charge in [0.2, 0.25) is 5.91 Å². The minimum Gasteiger partial charge on any atom is -0.361 e. The molecule has 0 bridgehead atoms. The van der Waals surface area contributed by atoms with Crippen molar-refractivity contribution < 1.29 is 35.9 Å². The van der Waals surface area contributed by atoms with E-state index >= 15 is 0 Å². The molecule has 3 N–H and O–H groups in total. The van der Waals surface area contributed by atoms with E-state index in [1.807, 2.05) is 24.3 Å². The first kappa shape index (κ1) is 30.1. The van der Waals surface area contributed by atoms with Crippen LogP contribution in [0.1, 0.15) is 39.5 Å². The first-order chi connectivity index (χ1) is 20.2. The Morgan fingerprint density at radius 3 is 2.19 bits per heavy atom. The number of anilines is 1. The Bertz CT molecular complexity index is 1610. The highest BCUT2D eigenvalue weighted by atomic mass is 19.4. The minimum absolute atomic E-state index is 0.0182. The molecule has 2 amide bonds. The Kier molecular flexibility index (Phi) is 7.99. The average Bonchev–Trinajstić information content (AvgIpc) is 3.35. The van der Waals surface area contributed by atoms with E-state index in [-0.39, 0.29) is 37.9 Å². The fourth-order valence-corrected chi connectivity index (χ4v) is 5.70. The van der Waals surface area contributed by atoms with Crippen molar-refractivity contribution in [2.75, 3.05) is 25.0 Å². The maximum atomic E-state index is 14.0. The molecular weight excluding hydrogens is 574 g/mol. The average molecular weight is 603 g/mol. The Hall–Kier alpha value is -4.32. The Balaban J connectivity index is 1.60. The van der Waals surface area contributed by atoms with E-state index in [0.29, 0.717) is 24.4 Å². The number of carbonyl (C=O) groups is 2. The number of H-pyrrole nitrogens is 1. The molecule has 1 aliphatic rings. The first-order valence-corrected chi connectivity index (χ1v) is 13.5. The third kappa shape index (κ3) is 6.53. The van der Waals surface area contributed by atoms with E-state index in [0.717, 1.165) is 22.0 Å². The Morgan fingerprint density at radius 2 is 1.56 bits per heavy atom. The molecule has 2 heterocycles. The zero-order chi connectivity index (χ0) is 31.0. The van der Waals surface area contributed by atoms with Gasteiger partial charge in [0.25, 0.3) is 5.91 Å². The molecule has 3 aromatic carbocycles. The van der Waals surface area contributed by atoms with Gasteiger partial charge in [-0.25, -0.2) is 0 Å². The molecule has 1 aliphatic heterocycles. The van der Waals surface area contributed by atoms with Gasteiger partial charge in [0.05, 0.1) is 16.7 Å². The summed E-state index contributed by atoms with van der Waals surface area (Å²) in [4.78, 5) is 30.1. The summed E-state index contributed by atoms with van der Waals surface area (Å²) >= 11 is 0. The minimum atomic E-state index is -5.09. The summed E-state index contributed by atoms with van der Waals surface area (Å²) in [7, 11) is 0. The zero-order valence-electron chi connectivity index (χ0n) is 23.0. The van der Waals surface area contributed by atoms with Gasteiger partial charge in [-0.2, -0.15) is 26.3 Å². The monoisotopic (exact) mass is 602 g/mol. The van der Waals surface area contributed by atoms with Crippen LogP contribution in [0.3, 0.4) is 0 Å². The second-order valence-electron chi connectivity index (χ2n) is 10.7. The number of aromatic amines is 1. The number of amides is 2.